The highest BCUT2D eigenvalue weighted by Gasteiger charge is 2.30. The third kappa shape index (κ3) is 2.75. The van der Waals surface area contributed by atoms with Crippen molar-refractivity contribution in [2.24, 2.45) is 0 Å². The van der Waals surface area contributed by atoms with Crippen molar-refractivity contribution in [2.45, 2.75) is 25.5 Å². The summed E-state index contributed by atoms with van der Waals surface area (Å²) in [5.74, 6) is 0.561. The topological polar surface area (TPSA) is 21.3 Å². The second kappa shape index (κ2) is 5.84. The summed E-state index contributed by atoms with van der Waals surface area (Å²) in [6.07, 6.45) is 0.838. The number of rotatable bonds is 3. The second-order valence-electron chi connectivity index (χ2n) is 4.78. The van der Waals surface area contributed by atoms with Crippen molar-refractivity contribution in [2.75, 3.05) is 6.54 Å². The molecule has 2 heterocycles. The van der Waals surface area contributed by atoms with Gasteiger partial charge in [0, 0.05) is 22.9 Å². The fourth-order valence-corrected chi connectivity index (χ4v) is 4.02. The van der Waals surface area contributed by atoms with Crippen LogP contribution in [0.1, 0.15) is 35.9 Å². The van der Waals surface area contributed by atoms with Crippen LogP contribution in [0, 0.1) is 5.82 Å². The molecule has 0 amide bonds. The lowest BCUT2D eigenvalue weighted by Crippen LogP contribution is -2.28. The molecule has 2 atom stereocenters. The fourth-order valence-electron chi connectivity index (χ4n) is 2.56. The Bertz CT molecular complexity index is 616. The minimum Gasteiger partial charge on any atom is -0.484 e. The number of ether oxygens (including phenoxy) is 1. The first-order chi connectivity index (χ1) is 9.67. The Morgan fingerprint density at radius 1 is 1.40 bits per heavy atom. The van der Waals surface area contributed by atoms with Gasteiger partial charge in [-0.05, 0) is 52.8 Å². The molecule has 2 aromatic rings. The van der Waals surface area contributed by atoms with Crippen molar-refractivity contribution in [3.05, 3.63) is 50.4 Å². The van der Waals surface area contributed by atoms with E-state index < -0.39 is 0 Å². The van der Waals surface area contributed by atoms with Crippen molar-refractivity contribution in [3.8, 4) is 5.75 Å². The SMILES string of the molecule is CCNC1CC(c2ccc(Br)s2)Oc2ccc(F)cc21. The molecular formula is C15H15BrFNOS. The zero-order valence-corrected chi connectivity index (χ0v) is 13.4. The van der Waals surface area contributed by atoms with E-state index >= 15 is 0 Å². The lowest BCUT2D eigenvalue weighted by molar-refractivity contribution is 0.155. The van der Waals surface area contributed by atoms with Crippen LogP contribution in [0.5, 0.6) is 5.75 Å². The van der Waals surface area contributed by atoms with E-state index in [1.54, 1.807) is 23.5 Å². The Hall–Kier alpha value is -0.910. The standard InChI is InChI=1S/C15H15BrFNOS/c1-2-18-11-8-13(14-5-6-15(16)20-14)19-12-4-3-9(17)7-10(11)12/h3-7,11,13,18H,2,8H2,1H3. The molecule has 5 heteroatoms. The summed E-state index contributed by atoms with van der Waals surface area (Å²) in [5.41, 5.74) is 0.915. The Morgan fingerprint density at radius 3 is 2.95 bits per heavy atom. The smallest absolute Gasteiger partial charge is 0.135 e. The molecule has 106 valence electrons. The van der Waals surface area contributed by atoms with Gasteiger partial charge in [-0.1, -0.05) is 6.92 Å². The van der Waals surface area contributed by atoms with Crippen LogP contribution in [0.2, 0.25) is 0 Å². The summed E-state index contributed by atoms with van der Waals surface area (Å²) in [6.45, 7) is 2.91. The summed E-state index contributed by atoms with van der Waals surface area (Å²) in [5, 5.41) is 3.42. The van der Waals surface area contributed by atoms with E-state index in [2.05, 4.69) is 34.2 Å². The van der Waals surface area contributed by atoms with Gasteiger partial charge in [-0.2, -0.15) is 0 Å². The Morgan fingerprint density at radius 2 is 2.25 bits per heavy atom. The molecule has 1 aromatic heterocycles. The highest BCUT2D eigenvalue weighted by atomic mass is 79.9. The Kier molecular flexibility index (Phi) is 4.10. The van der Waals surface area contributed by atoms with E-state index in [0.29, 0.717) is 0 Å². The molecule has 0 bridgehead atoms. The molecule has 1 N–H and O–H groups in total. The van der Waals surface area contributed by atoms with E-state index in [1.165, 1.54) is 10.9 Å². The monoisotopic (exact) mass is 355 g/mol. The lowest BCUT2D eigenvalue weighted by atomic mass is 9.95. The van der Waals surface area contributed by atoms with E-state index in [-0.39, 0.29) is 18.0 Å². The largest absolute Gasteiger partial charge is 0.484 e. The third-order valence-corrected chi connectivity index (χ3v) is 5.14. The van der Waals surface area contributed by atoms with Crippen LogP contribution in [-0.2, 0) is 0 Å². The van der Waals surface area contributed by atoms with Gasteiger partial charge in [0.05, 0.1) is 3.79 Å². The van der Waals surface area contributed by atoms with Crippen LogP contribution in [0.15, 0.2) is 34.1 Å². The second-order valence-corrected chi connectivity index (χ2v) is 7.27. The van der Waals surface area contributed by atoms with Crippen LogP contribution < -0.4 is 10.1 Å². The van der Waals surface area contributed by atoms with Crippen LogP contribution in [0.4, 0.5) is 4.39 Å². The van der Waals surface area contributed by atoms with Crippen LogP contribution in [0.3, 0.4) is 0 Å². The van der Waals surface area contributed by atoms with E-state index in [4.69, 9.17) is 4.74 Å². The van der Waals surface area contributed by atoms with Gasteiger partial charge >= 0.3 is 0 Å². The molecule has 3 rings (SSSR count). The maximum Gasteiger partial charge on any atom is 0.135 e. The van der Waals surface area contributed by atoms with Gasteiger partial charge < -0.3 is 10.1 Å². The van der Waals surface area contributed by atoms with Crippen LogP contribution in [-0.4, -0.2) is 6.54 Å². The molecular weight excluding hydrogens is 341 g/mol. The average Bonchev–Trinajstić information content (AvgIpc) is 2.86. The van der Waals surface area contributed by atoms with Crippen molar-refractivity contribution in [1.29, 1.82) is 0 Å². The van der Waals surface area contributed by atoms with Gasteiger partial charge in [-0.3, -0.25) is 0 Å². The summed E-state index contributed by atoms with van der Waals surface area (Å²) in [7, 11) is 0. The summed E-state index contributed by atoms with van der Waals surface area (Å²) < 4.78 is 20.6. The van der Waals surface area contributed by atoms with Gasteiger partial charge in [0.1, 0.15) is 17.7 Å². The predicted molar refractivity (Wildman–Crippen MR) is 82.8 cm³/mol. The molecule has 0 aliphatic carbocycles. The van der Waals surface area contributed by atoms with Gasteiger partial charge in [0.15, 0.2) is 0 Å². The number of thiophene rings is 1. The molecule has 0 spiro atoms. The molecule has 0 radical (unpaired) electrons. The number of nitrogens with one attached hydrogen (secondary N) is 1. The van der Waals surface area contributed by atoms with Crippen molar-refractivity contribution in [3.63, 3.8) is 0 Å². The normalized spacial score (nSPS) is 21.4. The first-order valence-electron chi connectivity index (χ1n) is 6.62. The number of fused-ring (bicyclic) bond motifs is 1. The van der Waals surface area contributed by atoms with E-state index in [9.17, 15) is 4.39 Å². The molecule has 1 aliphatic heterocycles. The third-order valence-electron chi connectivity index (χ3n) is 3.43. The Balaban J connectivity index is 1.94. The van der Waals surface area contributed by atoms with Crippen molar-refractivity contribution in [1.82, 2.24) is 5.32 Å². The molecule has 2 nitrogen and oxygen atoms in total. The molecule has 0 fully saturated rings. The molecule has 20 heavy (non-hydrogen) atoms. The quantitative estimate of drug-likeness (QED) is 0.851. The maximum atomic E-state index is 13.4. The lowest BCUT2D eigenvalue weighted by Gasteiger charge is -2.32. The Labute approximate surface area is 130 Å². The molecule has 2 unspecified atom stereocenters. The number of hydrogen-bond acceptors (Lipinski definition) is 3. The summed E-state index contributed by atoms with van der Waals surface area (Å²) in [4.78, 5) is 1.19. The minimum absolute atomic E-state index is 0.0216. The number of halogens is 2. The van der Waals surface area contributed by atoms with Gasteiger partial charge in [0.25, 0.3) is 0 Å². The molecule has 0 saturated carbocycles. The van der Waals surface area contributed by atoms with Crippen LogP contribution in [0.25, 0.3) is 0 Å². The fraction of sp³-hybridized carbons (Fsp3) is 0.333. The van der Waals surface area contributed by atoms with E-state index in [0.717, 1.165) is 28.1 Å². The molecule has 1 aliphatic rings. The molecule has 1 aromatic carbocycles. The van der Waals surface area contributed by atoms with Crippen LogP contribution >= 0.6 is 27.3 Å². The van der Waals surface area contributed by atoms with Gasteiger partial charge in [-0.15, -0.1) is 11.3 Å². The average molecular weight is 356 g/mol. The number of hydrogen-bond donors (Lipinski definition) is 1. The van der Waals surface area contributed by atoms with E-state index in [1.807, 2.05) is 6.07 Å². The zero-order valence-electron chi connectivity index (χ0n) is 11.0. The van der Waals surface area contributed by atoms with Crippen molar-refractivity contribution >= 4 is 27.3 Å². The molecule has 0 saturated heterocycles. The van der Waals surface area contributed by atoms with Gasteiger partial charge in [0.2, 0.25) is 0 Å². The highest BCUT2D eigenvalue weighted by molar-refractivity contribution is 9.11. The predicted octanol–water partition coefficient (Wildman–Crippen LogP) is 4.82. The number of benzene rings is 1. The maximum absolute atomic E-state index is 13.4. The zero-order chi connectivity index (χ0) is 14.1. The first-order valence-corrected chi connectivity index (χ1v) is 8.23. The van der Waals surface area contributed by atoms with Gasteiger partial charge in [-0.25, -0.2) is 4.39 Å². The first kappa shape index (κ1) is 14.0. The summed E-state index contributed by atoms with van der Waals surface area (Å²) >= 11 is 5.17. The highest BCUT2D eigenvalue weighted by Crippen LogP contribution is 2.43. The van der Waals surface area contributed by atoms with Crippen molar-refractivity contribution < 1.29 is 9.13 Å². The minimum atomic E-state index is -0.215. The summed E-state index contributed by atoms with van der Waals surface area (Å²) in [6, 6.07) is 9.00.